The predicted molar refractivity (Wildman–Crippen MR) is 71.2 cm³/mol. The lowest BCUT2D eigenvalue weighted by Crippen LogP contribution is -1.93. The molecule has 3 rings (SSSR count). The SMILES string of the molecule is N#CCCc1ccc2nc(C3CCCC3)[nH]c2c1. The van der Waals surface area contributed by atoms with Gasteiger partial charge in [-0.25, -0.2) is 4.98 Å². The number of aryl methyl sites for hydroxylation is 1. The standard InChI is InChI=1S/C15H17N3/c16-9-3-4-11-7-8-13-14(10-11)18-15(17-13)12-5-1-2-6-12/h7-8,10,12H,1-6H2,(H,17,18). The molecule has 1 N–H and O–H groups in total. The fourth-order valence-corrected chi connectivity index (χ4v) is 2.82. The Bertz CT molecular complexity index is 585. The first-order valence-corrected chi connectivity index (χ1v) is 6.72. The highest BCUT2D eigenvalue weighted by Gasteiger charge is 2.20. The van der Waals surface area contributed by atoms with Gasteiger partial charge in [-0.2, -0.15) is 5.26 Å². The molecule has 1 aromatic heterocycles. The molecule has 3 heteroatoms. The Kier molecular flexibility index (Phi) is 3.02. The molecule has 1 aliphatic rings. The van der Waals surface area contributed by atoms with Crippen LogP contribution < -0.4 is 0 Å². The van der Waals surface area contributed by atoms with Crippen LogP contribution in [0.25, 0.3) is 11.0 Å². The Balaban J connectivity index is 1.89. The number of hydrogen-bond donors (Lipinski definition) is 1. The molecule has 0 spiro atoms. The number of aromatic amines is 1. The maximum absolute atomic E-state index is 8.62. The van der Waals surface area contributed by atoms with Gasteiger partial charge < -0.3 is 4.98 Å². The molecule has 1 aromatic carbocycles. The van der Waals surface area contributed by atoms with Crippen molar-refractivity contribution < 1.29 is 0 Å². The van der Waals surface area contributed by atoms with Crippen LogP contribution in [0.15, 0.2) is 18.2 Å². The van der Waals surface area contributed by atoms with Gasteiger partial charge in [0.25, 0.3) is 0 Å². The third-order valence-corrected chi connectivity index (χ3v) is 3.83. The Morgan fingerprint density at radius 3 is 2.94 bits per heavy atom. The van der Waals surface area contributed by atoms with Gasteiger partial charge in [-0.15, -0.1) is 0 Å². The molecule has 1 fully saturated rings. The molecule has 0 radical (unpaired) electrons. The van der Waals surface area contributed by atoms with Gasteiger partial charge in [0.15, 0.2) is 0 Å². The number of fused-ring (bicyclic) bond motifs is 1. The number of aromatic nitrogens is 2. The molecule has 3 nitrogen and oxygen atoms in total. The molecule has 18 heavy (non-hydrogen) atoms. The van der Waals surface area contributed by atoms with Gasteiger partial charge in [0.1, 0.15) is 5.82 Å². The fourth-order valence-electron chi connectivity index (χ4n) is 2.82. The van der Waals surface area contributed by atoms with Gasteiger partial charge in [0, 0.05) is 12.3 Å². The van der Waals surface area contributed by atoms with Crippen molar-refractivity contribution >= 4 is 11.0 Å². The van der Waals surface area contributed by atoms with E-state index in [9.17, 15) is 0 Å². The van der Waals surface area contributed by atoms with Crippen LogP contribution in [0.2, 0.25) is 0 Å². The van der Waals surface area contributed by atoms with Crippen molar-refractivity contribution in [2.75, 3.05) is 0 Å². The lowest BCUT2D eigenvalue weighted by Gasteiger charge is -2.02. The summed E-state index contributed by atoms with van der Waals surface area (Å²) in [5.74, 6) is 1.78. The average molecular weight is 239 g/mol. The van der Waals surface area contributed by atoms with Gasteiger partial charge in [-0.05, 0) is 37.0 Å². The second kappa shape index (κ2) is 4.81. The van der Waals surface area contributed by atoms with E-state index in [1.165, 1.54) is 31.2 Å². The molecule has 0 amide bonds. The third kappa shape index (κ3) is 2.11. The largest absolute Gasteiger partial charge is 0.342 e. The summed E-state index contributed by atoms with van der Waals surface area (Å²) in [7, 11) is 0. The molecule has 1 aliphatic carbocycles. The molecule has 92 valence electrons. The topological polar surface area (TPSA) is 52.5 Å². The minimum Gasteiger partial charge on any atom is -0.342 e. The van der Waals surface area contributed by atoms with Crippen LogP contribution in [0, 0.1) is 11.3 Å². The highest BCUT2D eigenvalue weighted by Crippen LogP contribution is 2.33. The molecular formula is C15H17N3. The van der Waals surface area contributed by atoms with E-state index in [0.717, 1.165) is 23.3 Å². The summed E-state index contributed by atoms with van der Waals surface area (Å²) < 4.78 is 0. The second-order valence-corrected chi connectivity index (χ2v) is 5.11. The second-order valence-electron chi connectivity index (χ2n) is 5.11. The third-order valence-electron chi connectivity index (χ3n) is 3.83. The van der Waals surface area contributed by atoms with Gasteiger partial charge in [0.2, 0.25) is 0 Å². The van der Waals surface area contributed by atoms with Gasteiger partial charge >= 0.3 is 0 Å². The summed E-state index contributed by atoms with van der Waals surface area (Å²) in [5.41, 5.74) is 3.38. The summed E-state index contributed by atoms with van der Waals surface area (Å²) in [6, 6.07) is 8.47. The normalized spacial score (nSPS) is 16.2. The minimum absolute atomic E-state index is 0.578. The fraction of sp³-hybridized carbons (Fsp3) is 0.467. The predicted octanol–water partition coefficient (Wildman–Crippen LogP) is 3.68. The number of hydrogen-bond acceptors (Lipinski definition) is 2. The van der Waals surface area contributed by atoms with Gasteiger partial charge in [0.05, 0.1) is 17.1 Å². The zero-order valence-electron chi connectivity index (χ0n) is 10.4. The maximum atomic E-state index is 8.62. The van der Waals surface area contributed by atoms with Crippen LogP contribution in [0.4, 0.5) is 0 Å². The highest BCUT2D eigenvalue weighted by molar-refractivity contribution is 5.76. The van der Waals surface area contributed by atoms with Crippen molar-refractivity contribution in [1.82, 2.24) is 9.97 Å². The van der Waals surface area contributed by atoms with Crippen LogP contribution in [-0.4, -0.2) is 9.97 Å². The van der Waals surface area contributed by atoms with E-state index in [-0.39, 0.29) is 0 Å². The Hall–Kier alpha value is -1.82. The average Bonchev–Trinajstić information content (AvgIpc) is 3.03. The Morgan fingerprint density at radius 1 is 1.33 bits per heavy atom. The van der Waals surface area contributed by atoms with Crippen molar-refractivity contribution in [2.24, 2.45) is 0 Å². The number of H-pyrrole nitrogens is 1. The zero-order chi connectivity index (χ0) is 12.4. The van der Waals surface area contributed by atoms with E-state index in [4.69, 9.17) is 10.2 Å². The van der Waals surface area contributed by atoms with E-state index in [0.29, 0.717) is 12.3 Å². The van der Waals surface area contributed by atoms with Crippen LogP contribution in [-0.2, 0) is 6.42 Å². The van der Waals surface area contributed by atoms with Crippen LogP contribution >= 0.6 is 0 Å². The first kappa shape index (κ1) is 11.3. The maximum Gasteiger partial charge on any atom is 0.110 e. The van der Waals surface area contributed by atoms with Crippen molar-refractivity contribution in [2.45, 2.75) is 44.4 Å². The molecular weight excluding hydrogens is 222 g/mol. The molecule has 1 saturated carbocycles. The quantitative estimate of drug-likeness (QED) is 0.888. The number of nitriles is 1. The van der Waals surface area contributed by atoms with Gasteiger partial charge in [-0.3, -0.25) is 0 Å². The zero-order valence-corrected chi connectivity index (χ0v) is 10.4. The van der Waals surface area contributed by atoms with Crippen molar-refractivity contribution in [1.29, 1.82) is 5.26 Å². The number of nitrogens with one attached hydrogen (secondary N) is 1. The Labute approximate surface area is 107 Å². The van der Waals surface area contributed by atoms with Crippen LogP contribution in [0.5, 0.6) is 0 Å². The van der Waals surface area contributed by atoms with Gasteiger partial charge in [-0.1, -0.05) is 18.9 Å². The van der Waals surface area contributed by atoms with Crippen LogP contribution in [0.3, 0.4) is 0 Å². The highest BCUT2D eigenvalue weighted by atomic mass is 14.9. The lowest BCUT2D eigenvalue weighted by molar-refractivity contribution is 0.681. The first-order valence-electron chi connectivity index (χ1n) is 6.72. The lowest BCUT2D eigenvalue weighted by atomic mass is 10.1. The molecule has 2 aromatic rings. The number of rotatable bonds is 3. The van der Waals surface area contributed by atoms with Crippen molar-refractivity contribution in [3.63, 3.8) is 0 Å². The summed E-state index contributed by atoms with van der Waals surface area (Å²) in [6.07, 6.45) is 6.59. The van der Waals surface area contributed by atoms with E-state index in [1.807, 2.05) is 0 Å². The molecule has 0 saturated heterocycles. The smallest absolute Gasteiger partial charge is 0.110 e. The summed E-state index contributed by atoms with van der Waals surface area (Å²) in [6.45, 7) is 0. The summed E-state index contributed by atoms with van der Waals surface area (Å²) in [5, 5.41) is 8.62. The van der Waals surface area contributed by atoms with E-state index in [1.54, 1.807) is 0 Å². The number of imidazole rings is 1. The minimum atomic E-state index is 0.578. The van der Waals surface area contributed by atoms with E-state index >= 15 is 0 Å². The monoisotopic (exact) mass is 239 g/mol. The van der Waals surface area contributed by atoms with Crippen LogP contribution in [0.1, 0.15) is 49.4 Å². The number of benzene rings is 1. The number of nitrogens with zero attached hydrogens (tertiary/aromatic N) is 2. The van der Waals surface area contributed by atoms with Crippen molar-refractivity contribution in [3.05, 3.63) is 29.6 Å². The summed E-state index contributed by atoms with van der Waals surface area (Å²) >= 11 is 0. The van der Waals surface area contributed by atoms with E-state index < -0.39 is 0 Å². The molecule has 0 atom stereocenters. The molecule has 0 unspecified atom stereocenters. The molecule has 1 heterocycles. The van der Waals surface area contributed by atoms with Crippen molar-refractivity contribution in [3.8, 4) is 6.07 Å². The molecule has 0 aliphatic heterocycles. The first-order chi connectivity index (χ1) is 8.86. The Morgan fingerprint density at radius 2 is 2.17 bits per heavy atom. The van der Waals surface area contributed by atoms with E-state index in [2.05, 4.69) is 29.3 Å². The molecule has 0 bridgehead atoms. The summed E-state index contributed by atoms with van der Waals surface area (Å²) in [4.78, 5) is 8.16.